The number of nitrogens with zero attached hydrogens (tertiary/aromatic N) is 1. The van der Waals surface area contributed by atoms with Gasteiger partial charge in [0.25, 0.3) is 0 Å². The number of rotatable bonds is 3. The van der Waals surface area contributed by atoms with Crippen LogP contribution in [-0.2, 0) is 4.79 Å². The maximum Gasteiger partial charge on any atom is 0.237 e. The van der Waals surface area contributed by atoms with Gasteiger partial charge in [0, 0.05) is 12.6 Å². The van der Waals surface area contributed by atoms with E-state index < -0.39 is 6.04 Å². The highest BCUT2D eigenvalue weighted by Gasteiger charge is 2.29. The molecule has 0 aliphatic carbocycles. The van der Waals surface area contributed by atoms with Crippen molar-refractivity contribution in [2.24, 2.45) is 11.1 Å². The van der Waals surface area contributed by atoms with Crippen molar-refractivity contribution >= 4 is 5.91 Å². The summed E-state index contributed by atoms with van der Waals surface area (Å²) in [6.45, 7) is 11.3. The number of hydrogen-bond acceptors (Lipinski definition) is 3. The predicted molar refractivity (Wildman–Crippen MR) is 70.7 cm³/mol. The van der Waals surface area contributed by atoms with Crippen LogP contribution in [-0.4, -0.2) is 42.5 Å². The van der Waals surface area contributed by atoms with Gasteiger partial charge in [-0.15, -0.1) is 0 Å². The molecule has 0 saturated carbocycles. The molecule has 1 heterocycles. The zero-order chi connectivity index (χ0) is 13.1. The normalized spacial score (nSPS) is 24.4. The molecule has 1 saturated heterocycles. The molecule has 1 fully saturated rings. The van der Waals surface area contributed by atoms with Crippen LogP contribution in [0.15, 0.2) is 0 Å². The molecule has 100 valence electrons. The molecule has 2 atom stereocenters. The number of likely N-dealkylation sites (N-methyl/N-ethyl adjacent to an activating group) is 1. The molecule has 1 aliphatic heterocycles. The van der Waals surface area contributed by atoms with E-state index in [1.807, 2.05) is 20.8 Å². The van der Waals surface area contributed by atoms with Crippen LogP contribution in [0.25, 0.3) is 0 Å². The Labute approximate surface area is 105 Å². The summed E-state index contributed by atoms with van der Waals surface area (Å²) in [5, 5.41) is 3.08. The van der Waals surface area contributed by atoms with E-state index in [1.165, 1.54) is 0 Å². The van der Waals surface area contributed by atoms with Crippen LogP contribution in [0.4, 0.5) is 0 Å². The second-order valence-electron chi connectivity index (χ2n) is 6.08. The first-order chi connectivity index (χ1) is 7.84. The molecule has 0 aromatic carbocycles. The summed E-state index contributed by atoms with van der Waals surface area (Å²) in [6, 6.07) is -0.163. The van der Waals surface area contributed by atoms with Gasteiger partial charge in [-0.25, -0.2) is 0 Å². The number of likely N-dealkylation sites (tertiary alicyclic amines) is 1. The Morgan fingerprint density at radius 2 is 2.18 bits per heavy atom. The van der Waals surface area contributed by atoms with Crippen molar-refractivity contribution in [3.63, 3.8) is 0 Å². The Kier molecular flexibility index (Phi) is 4.95. The Morgan fingerprint density at radius 3 is 2.71 bits per heavy atom. The molecule has 1 aliphatic rings. The Bertz CT molecular complexity index is 260. The smallest absolute Gasteiger partial charge is 0.237 e. The van der Waals surface area contributed by atoms with Crippen LogP contribution in [0.5, 0.6) is 0 Å². The van der Waals surface area contributed by atoms with Crippen LogP contribution >= 0.6 is 0 Å². The Morgan fingerprint density at radius 1 is 1.53 bits per heavy atom. The van der Waals surface area contributed by atoms with E-state index in [1.54, 1.807) is 0 Å². The fraction of sp³-hybridized carbons (Fsp3) is 0.923. The van der Waals surface area contributed by atoms with Gasteiger partial charge in [0.1, 0.15) is 0 Å². The van der Waals surface area contributed by atoms with Crippen LogP contribution in [0.1, 0.15) is 40.5 Å². The third-order valence-corrected chi connectivity index (χ3v) is 3.51. The summed E-state index contributed by atoms with van der Waals surface area (Å²) in [5.41, 5.74) is 5.78. The van der Waals surface area contributed by atoms with Crippen LogP contribution in [0.2, 0.25) is 0 Å². The maximum absolute atomic E-state index is 12.0. The molecule has 0 radical (unpaired) electrons. The summed E-state index contributed by atoms with van der Waals surface area (Å²) in [4.78, 5) is 14.4. The van der Waals surface area contributed by atoms with E-state index in [2.05, 4.69) is 17.1 Å². The lowest BCUT2D eigenvalue weighted by atomic mass is 9.86. The van der Waals surface area contributed by atoms with E-state index in [9.17, 15) is 4.79 Å². The second kappa shape index (κ2) is 5.83. The first-order valence-electron chi connectivity index (χ1n) is 6.63. The predicted octanol–water partition coefficient (Wildman–Crippen LogP) is 0.960. The highest BCUT2D eigenvalue weighted by atomic mass is 16.2. The molecule has 0 aromatic rings. The summed E-state index contributed by atoms with van der Waals surface area (Å²) in [6.07, 6.45) is 2.22. The van der Waals surface area contributed by atoms with Crippen LogP contribution < -0.4 is 11.1 Å². The van der Waals surface area contributed by atoms with Gasteiger partial charge in [0.15, 0.2) is 0 Å². The number of carbonyl (C=O) groups excluding carboxylic acids is 1. The number of amides is 1. The first kappa shape index (κ1) is 14.5. The van der Waals surface area contributed by atoms with E-state index >= 15 is 0 Å². The third kappa shape index (κ3) is 4.28. The quantitative estimate of drug-likeness (QED) is 0.774. The van der Waals surface area contributed by atoms with Gasteiger partial charge in [-0.1, -0.05) is 27.7 Å². The molecular formula is C13H27N3O. The molecule has 4 heteroatoms. The largest absolute Gasteiger partial charge is 0.351 e. The lowest BCUT2D eigenvalue weighted by Gasteiger charge is -2.34. The highest BCUT2D eigenvalue weighted by molar-refractivity contribution is 5.82. The van der Waals surface area contributed by atoms with Crippen molar-refractivity contribution in [1.29, 1.82) is 0 Å². The monoisotopic (exact) mass is 241 g/mol. The molecule has 4 nitrogen and oxygen atoms in total. The number of carbonyl (C=O) groups is 1. The summed E-state index contributed by atoms with van der Waals surface area (Å²) < 4.78 is 0. The maximum atomic E-state index is 12.0. The van der Waals surface area contributed by atoms with Crippen molar-refractivity contribution in [1.82, 2.24) is 10.2 Å². The summed E-state index contributed by atoms with van der Waals surface area (Å²) in [7, 11) is 0. The SMILES string of the molecule is CCN1CCCC(NC(=O)[C@H](N)C(C)(C)C)C1. The van der Waals surface area contributed by atoms with Crippen molar-refractivity contribution in [2.45, 2.75) is 52.6 Å². The number of nitrogens with two attached hydrogens (primary N) is 1. The van der Waals surface area contributed by atoms with Crippen LogP contribution in [0.3, 0.4) is 0 Å². The molecule has 0 aromatic heterocycles. The Balaban J connectivity index is 2.46. The van der Waals surface area contributed by atoms with Crippen molar-refractivity contribution in [2.75, 3.05) is 19.6 Å². The summed E-state index contributed by atoms with van der Waals surface area (Å²) in [5.74, 6) is -0.0135. The fourth-order valence-corrected chi connectivity index (χ4v) is 2.14. The number of hydrogen-bond donors (Lipinski definition) is 2. The van der Waals surface area contributed by atoms with Gasteiger partial charge in [0.2, 0.25) is 5.91 Å². The zero-order valence-corrected chi connectivity index (χ0v) is 11.6. The van der Waals surface area contributed by atoms with Gasteiger partial charge in [-0.3, -0.25) is 4.79 Å². The Hall–Kier alpha value is -0.610. The van der Waals surface area contributed by atoms with Gasteiger partial charge in [0.05, 0.1) is 6.04 Å². The first-order valence-corrected chi connectivity index (χ1v) is 6.63. The van der Waals surface area contributed by atoms with Crippen molar-refractivity contribution in [3.8, 4) is 0 Å². The lowest BCUT2D eigenvalue weighted by molar-refractivity contribution is -0.125. The average Bonchev–Trinajstić information content (AvgIpc) is 2.27. The number of piperidine rings is 1. The van der Waals surface area contributed by atoms with E-state index in [-0.39, 0.29) is 17.4 Å². The van der Waals surface area contributed by atoms with Gasteiger partial charge in [-0.2, -0.15) is 0 Å². The molecule has 17 heavy (non-hydrogen) atoms. The molecule has 0 bridgehead atoms. The van der Waals surface area contributed by atoms with Crippen molar-refractivity contribution < 1.29 is 4.79 Å². The van der Waals surface area contributed by atoms with E-state index in [0.29, 0.717) is 0 Å². The van der Waals surface area contributed by atoms with Gasteiger partial charge in [-0.05, 0) is 31.3 Å². The highest BCUT2D eigenvalue weighted by Crippen LogP contribution is 2.18. The fourth-order valence-electron chi connectivity index (χ4n) is 2.14. The third-order valence-electron chi connectivity index (χ3n) is 3.51. The van der Waals surface area contributed by atoms with Gasteiger partial charge >= 0.3 is 0 Å². The molecule has 1 amide bonds. The van der Waals surface area contributed by atoms with Crippen molar-refractivity contribution in [3.05, 3.63) is 0 Å². The number of nitrogens with one attached hydrogen (secondary N) is 1. The standard InChI is InChI=1S/C13H27N3O/c1-5-16-8-6-7-10(9-16)15-12(17)11(14)13(2,3)4/h10-11H,5-9,14H2,1-4H3,(H,15,17)/t10?,11-/m0/s1. The molecule has 0 spiro atoms. The minimum absolute atomic E-state index is 0.0135. The van der Waals surface area contributed by atoms with E-state index in [4.69, 9.17) is 5.73 Å². The molecular weight excluding hydrogens is 214 g/mol. The minimum Gasteiger partial charge on any atom is -0.351 e. The topological polar surface area (TPSA) is 58.4 Å². The van der Waals surface area contributed by atoms with Gasteiger partial charge < -0.3 is 16.0 Å². The van der Waals surface area contributed by atoms with Crippen LogP contribution in [0, 0.1) is 5.41 Å². The second-order valence-corrected chi connectivity index (χ2v) is 6.08. The average molecular weight is 241 g/mol. The lowest BCUT2D eigenvalue weighted by Crippen LogP contribution is -2.55. The summed E-state index contributed by atoms with van der Waals surface area (Å²) >= 11 is 0. The van der Waals surface area contributed by atoms with E-state index in [0.717, 1.165) is 32.5 Å². The molecule has 1 unspecified atom stereocenters. The zero-order valence-electron chi connectivity index (χ0n) is 11.6. The molecule has 3 N–H and O–H groups in total. The minimum atomic E-state index is -0.431. The molecule has 1 rings (SSSR count).